The minimum absolute atomic E-state index is 0.0871. The molecule has 1 rings (SSSR count). The molecule has 5 heteroatoms. The second-order valence-electron chi connectivity index (χ2n) is 14.6. The molecule has 0 heterocycles. The number of ether oxygens (including phenoxy) is 1. The molecule has 5 nitrogen and oxygen atoms in total. The molecule has 1 aromatic rings. The smallest absolute Gasteiger partial charge is 0.255 e. The SMILES string of the molecule is CCCCCCCCCCCCCCNC(=O)c1ccc(C(=O)NCCCCCCCCCCCCCC)c(OCCCCCCCC)c1. The van der Waals surface area contributed by atoms with Crippen molar-refractivity contribution in [3.8, 4) is 5.75 Å². The molecule has 0 aliphatic heterocycles. The fourth-order valence-electron chi connectivity index (χ4n) is 6.57. The van der Waals surface area contributed by atoms with Crippen molar-refractivity contribution in [3.05, 3.63) is 29.3 Å². The number of unbranched alkanes of at least 4 members (excludes halogenated alkanes) is 27. The van der Waals surface area contributed by atoms with Gasteiger partial charge in [-0.1, -0.05) is 194 Å². The van der Waals surface area contributed by atoms with E-state index in [1.54, 1.807) is 18.2 Å². The molecule has 0 saturated carbocycles. The summed E-state index contributed by atoms with van der Waals surface area (Å²) >= 11 is 0. The molecule has 0 radical (unpaired) electrons. The van der Waals surface area contributed by atoms with Crippen LogP contribution in [0.1, 0.15) is 234 Å². The third-order valence-corrected chi connectivity index (χ3v) is 9.88. The largest absolute Gasteiger partial charge is 0.493 e. The van der Waals surface area contributed by atoms with Crippen molar-refractivity contribution >= 4 is 11.8 Å². The molecule has 0 aromatic heterocycles. The van der Waals surface area contributed by atoms with Crippen molar-refractivity contribution in [3.63, 3.8) is 0 Å². The molecule has 0 atom stereocenters. The number of rotatable bonds is 36. The Balaban J connectivity index is 2.40. The van der Waals surface area contributed by atoms with Crippen molar-refractivity contribution in [1.29, 1.82) is 0 Å². The van der Waals surface area contributed by atoms with Gasteiger partial charge in [0, 0.05) is 18.7 Å². The van der Waals surface area contributed by atoms with Gasteiger partial charge in [-0.15, -0.1) is 0 Å². The van der Waals surface area contributed by atoms with Crippen LogP contribution in [-0.4, -0.2) is 31.5 Å². The summed E-state index contributed by atoms with van der Waals surface area (Å²) in [5, 5.41) is 6.20. The van der Waals surface area contributed by atoms with Crippen LogP contribution >= 0.6 is 0 Å². The summed E-state index contributed by atoms with van der Waals surface area (Å²) < 4.78 is 6.16. The molecule has 2 N–H and O–H groups in total. The van der Waals surface area contributed by atoms with Gasteiger partial charge in [0.2, 0.25) is 0 Å². The van der Waals surface area contributed by atoms with Crippen LogP contribution in [0, 0.1) is 0 Å². The second kappa shape index (κ2) is 34.4. The Kier molecular flexibility index (Phi) is 31.6. The van der Waals surface area contributed by atoms with E-state index in [-0.39, 0.29) is 11.8 Å². The van der Waals surface area contributed by atoms with Crippen LogP contribution in [0.3, 0.4) is 0 Å². The Morgan fingerprint density at radius 3 is 1.20 bits per heavy atom. The first-order valence-electron chi connectivity index (χ1n) is 21.5. The van der Waals surface area contributed by atoms with E-state index < -0.39 is 0 Å². The molecule has 0 spiro atoms. The van der Waals surface area contributed by atoms with E-state index in [0.717, 1.165) is 38.5 Å². The molecule has 0 aliphatic carbocycles. The van der Waals surface area contributed by atoms with Crippen LogP contribution < -0.4 is 15.4 Å². The fraction of sp³-hybridized carbons (Fsp3) is 0.818. The highest BCUT2D eigenvalue weighted by molar-refractivity contribution is 6.00. The average Bonchev–Trinajstić information content (AvgIpc) is 3.11. The van der Waals surface area contributed by atoms with Gasteiger partial charge in [0.15, 0.2) is 0 Å². The zero-order valence-corrected chi connectivity index (χ0v) is 32.8. The van der Waals surface area contributed by atoms with Crippen molar-refractivity contribution in [2.45, 2.75) is 213 Å². The highest BCUT2D eigenvalue weighted by Gasteiger charge is 2.16. The Morgan fingerprint density at radius 1 is 0.449 bits per heavy atom. The van der Waals surface area contributed by atoms with Crippen molar-refractivity contribution in [2.24, 2.45) is 0 Å². The summed E-state index contributed by atoms with van der Waals surface area (Å²) in [6, 6.07) is 5.31. The van der Waals surface area contributed by atoms with E-state index in [1.165, 1.54) is 154 Å². The Hall–Kier alpha value is -2.04. The summed E-state index contributed by atoms with van der Waals surface area (Å²) in [5.74, 6) is 0.333. The Labute approximate surface area is 304 Å². The lowest BCUT2D eigenvalue weighted by Crippen LogP contribution is -2.26. The topological polar surface area (TPSA) is 67.4 Å². The van der Waals surface area contributed by atoms with Crippen LogP contribution in [0.15, 0.2) is 18.2 Å². The summed E-state index contributed by atoms with van der Waals surface area (Å²) in [5.41, 5.74) is 1.09. The summed E-state index contributed by atoms with van der Waals surface area (Å²) in [6.07, 6.45) is 38.4. The average molecular weight is 685 g/mol. The maximum absolute atomic E-state index is 13.2. The minimum Gasteiger partial charge on any atom is -0.493 e. The Morgan fingerprint density at radius 2 is 0.796 bits per heavy atom. The highest BCUT2D eigenvalue weighted by Crippen LogP contribution is 2.22. The van der Waals surface area contributed by atoms with Crippen LogP contribution in [0.4, 0.5) is 0 Å². The van der Waals surface area contributed by atoms with Gasteiger partial charge in [-0.2, -0.15) is 0 Å². The lowest BCUT2D eigenvalue weighted by molar-refractivity contribution is 0.0937. The lowest BCUT2D eigenvalue weighted by atomic mass is 10.1. The highest BCUT2D eigenvalue weighted by atomic mass is 16.5. The molecule has 284 valence electrons. The van der Waals surface area contributed by atoms with Crippen molar-refractivity contribution in [1.82, 2.24) is 10.6 Å². The fourth-order valence-corrected chi connectivity index (χ4v) is 6.57. The number of benzene rings is 1. The number of nitrogens with one attached hydrogen (secondary N) is 2. The number of amides is 2. The molecule has 49 heavy (non-hydrogen) atoms. The predicted molar refractivity (Wildman–Crippen MR) is 212 cm³/mol. The van der Waals surface area contributed by atoms with Gasteiger partial charge in [-0.05, 0) is 37.5 Å². The van der Waals surface area contributed by atoms with E-state index in [2.05, 4.69) is 31.4 Å². The van der Waals surface area contributed by atoms with Gasteiger partial charge in [0.1, 0.15) is 5.75 Å². The molecular weight excluding hydrogens is 604 g/mol. The quantitative estimate of drug-likeness (QED) is 0.0691. The first-order valence-corrected chi connectivity index (χ1v) is 21.5. The molecule has 0 aliphatic rings. The standard InChI is InChI=1S/C44H80N2O3/c1-4-7-10-13-16-18-20-22-24-26-28-31-36-45-43(47)40-34-35-41(42(39-40)49-38-33-30-15-12-9-6-3)44(48)46-37-32-29-27-25-23-21-19-17-14-11-8-5-2/h34-35,39H,4-33,36-38H2,1-3H3,(H,45,47)(H,46,48). The maximum Gasteiger partial charge on any atom is 0.255 e. The second-order valence-corrected chi connectivity index (χ2v) is 14.6. The first kappa shape index (κ1) is 45.0. The van der Waals surface area contributed by atoms with E-state index in [1.807, 2.05) is 0 Å². The first-order chi connectivity index (χ1) is 24.1. The summed E-state index contributed by atoms with van der Waals surface area (Å²) in [7, 11) is 0. The third-order valence-electron chi connectivity index (χ3n) is 9.88. The normalized spacial score (nSPS) is 11.2. The summed E-state index contributed by atoms with van der Waals surface area (Å²) in [4.78, 5) is 26.2. The minimum atomic E-state index is -0.107. The summed E-state index contributed by atoms with van der Waals surface area (Å²) in [6.45, 7) is 8.70. The molecular formula is C44H80N2O3. The molecule has 0 unspecified atom stereocenters. The van der Waals surface area contributed by atoms with Crippen LogP contribution in [0.2, 0.25) is 0 Å². The number of hydrogen-bond donors (Lipinski definition) is 2. The Bertz CT molecular complexity index is 902. The van der Waals surface area contributed by atoms with E-state index in [9.17, 15) is 9.59 Å². The zero-order valence-electron chi connectivity index (χ0n) is 32.8. The van der Waals surface area contributed by atoms with Crippen molar-refractivity contribution < 1.29 is 14.3 Å². The molecule has 0 fully saturated rings. The van der Waals surface area contributed by atoms with Gasteiger partial charge in [-0.25, -0.2) is 0 Å². The van der Waals surface area contributed by atoms with E-state index >= 15 is 0 Å². The van der Waals surface area contributed by atoms with Crippen LogP contribution in [0.25, 0.3) is 0 Å². The van der Waals surface area contributed by atoms with Gasteiger partial charge in [0.25, 0.3) is 11.8 Å². The molecule has 0 saturated heterocycles. The third kappa shape index (κ3) is 26.4. The predicted octanol–water partition coefficient (Wildman–Crippen LogP) is 13.3. The lowest BCUT2D eigenvalue weighted by Gasteiger charge is -2.14. The van der Waals surface area contributed by atoms with Crippen LogP contribution in [0.5, 0.6) is 5.75 Å². The number of carbonyl (C=O) groups is 2. The van der Waals surface area contributed by atoms with Gasteiger partial charge >= 0.3 is 0 Å². The molecule has 1 aromatic carbocycles. The van der Waals surface area contributed by atoms with Gasteiger partial charge in [-0.3, -0.25) is 9.59 Å². The van der Waals surface area contributed by atoms with Crippen LogP contribution in [-0.2, 0) is 0 Å². The maximum atomic E-state index is 13.2. The van der Waals surface area contributed by atoms with Gasteiger partial charge < -0.3 is 15.4 Å². The number of carbonyl (C=O) groups excluding carboxylic acids is 2. The van der Waals surface area contributed by atoms with E-state index in [4.69, 9.17) is 4.74 Å². The van der Waals surface area contributed by atoms with Gasteiger partial charge in [0.05, 0.1) is 12.2 Å². The number of hydrogen-bond acceptors (Lipinski definition) is 3. The molecule has 0 bridgehead atoms. The monoisotopic (exact) mass is 685 g/mol. The zero-order chi connectivity index (χ0) is 35.5. The molecule has 2 amide bonds. The van der Waals surface area contributed by atoms with Crippen molar-refractivity contribution in [2.75, 3.05) is 19.7 Å². The van der Waals surface area contributed by atoms with E-state index in [0.29, 0.717) is 36.6 Å².